The first-order valence-electron chi connectivity index (χ1n) is 8.39. The van der Waals surface area contributed by atoms with Gasteiger partial charge in [0.2, 0.25) is 5.91 Å². The largest absolute Gasteiger partial charge is 0.366 e. The summed E-state index contributed by atoms with van der Waals surface area (Å²) in [6.07, 6.45) is 6.94. The summed E-state index contributed by atoms with van der Waals surface area (Å²) in [5.74, 6) is -0.408. The molecule has 4 rings (SSSR count). The molecule has 2 N–H and O–H groups in total. The Morgan fingerprint density at radius 1 is 1.08 bits per heavy atom. The molecule has 4 nitrogen and oxygen atoms in total. The van der Waals surface area contributed by atoms with Crippen LogP contribution in [0, 0.1) is 0 Å². The van der Waals surface area contributed by atoms with Crippen molar-refractivity contribution in [1.29, 1.82) is 0 Å². The highest BCUT2D eigenvalue weighted by atomic mass is 16.1. The van der Waals surface area contributed by atoms with Crippen molar-refractivity contribution in [1.82, 2.24) is 4.98 Å². The zero-order valence-electron chi connectivity index (χ0n) is 13.9. The quantitative estimate of drug-likeness (QED) is 0.798. The number of benzene rings is 2. The summed E-state index contributed by atoms with van der Waals surface area (Å²) < 4.78 is 0. The van der Waals surface area contributed by atoms with Gasteiger partial charge in [0.15, 0.2) is 0 Å². The molecular weight excluding hydrogens is 310 g/mol. The van der Waals surface area contributed by atoms with E-state index in [2.05, 4.69) is 40.2 Å². The van der Waals surface area contributed by atoms with Crippen LogP contribution in [0.25, 0.3) is 16.3 Å². The average molecular weight is 329 g/mol. The molecule has 2 heterocycles. The first-order valence-corrected chi connectivity index (χ1v) is 8.39. The molecule has 0 spiro atoms. The molecule has 0 bridgehead atoms. The Kier molecular flexibility index (Phi) is 3.94. The van der Waals surface area contributed by atoms with Gasteiger partial charge >= 0.3 is 0 Å². The highest BCUT2D eigenvalue weighted by molar-refractivity contribution is 6.01. The molecule has 124 valence electrons. The fourth-order valence-corrected chi connectivity index (χ4v) is 3.36. The molecule has 4 heteroatoms. The Balaban J connectivity index is 1.68. The van der Waals surface area contributed by atoms with E-state index in [1.165, 1.54) is 11.1 Å². The smallest absolute Gasteiger partial charge is 0.248 e. The van der Waals surface area contributed by atoms with Crippen molar-refractivity contribution in [2.24, 2.45) is 5.73 Å². The number of carbonyl (C=O) groups excluding carboxylic acids is 1. The van der Waals surface area contributed by atoms with E-state index in [0.717, 1.165) is 36.0 Å². The standard InChI is InChI=1S/C21H19N3O/c22-21(25)17-6-7-18-13-23-14-20(19(18)12-17)24-10-8-16(9-11-24)15-4-2-1-3-5-15/h1-8,12-14H,9-11H2,(H2,22,25). The summed E-state index contributed by atoms with van der Waals surface area (Å²) in [5.41, 5.74) is 9.67. The predicted octanol–water partition coefficient (Wildman–Crippen LogP) is 3.63. The minimum Gasteiger partial charge on any atom is -0.366 e. The molecule has 25 heavy (non-hydrogen) atoms. The number of nitrogens with zero attached hydrogens (tertiary/aromatic N) is 2. The second kappa shape index (κ2) is 6.40. The van der Waals surface area contributed by atoms with E-state index in [4.69, 9.17) is 5.73 Å². The number of amides is 1. The third-order valence-corrected chi connectivity index (χ3v) is 4.72. The van der Waals surface area contributed by atoms with E-state index in [1.54, 1.807) is 6.07 Å². The number of hydrogen-bond donors (Lipinski definition) is 1. The lowest BCUT2D eigenvalue weighted by Crippen LogP contribution is -2.28. The fraction of sp³-hybridized carbons (Fsp3) is 0.143. The number of hydrogen-bond acceptors (Lipinski definition) is 3. The van der Waals surface area contributed by atoms with E-state index in [9.17, 15) is 4.79 Å². The van der Waals surface area contributed by atoms with Gasteiger partial charge in [-0.3, -0.25) is 9.78 Å². The van der Waals surface area contributed by atoms with Crippen molar-refractivity contribution in [3.05, 3.63) is 78.1 Å². The van der Waals surface area contributed by atoms with E-state index in [0.29, 0.717) is 5.56 Å². The molecule has 0 atom stereocenters. The van der Waals surface area contributed by atoms with E-state index in [-0.39, 0.29) is 0 Å². The molecule has 0 radical (unpaired) electrons. The van der Waals surface area contributed by atoms with Crippen LogP contribution in [0.4, 0.5) is 5.69 Å². The van der Waals surface area contributed by atoms with Gasteiger partial charge in [0, 0.05) is 35.6 Å². The molecule has 0 unspecified atom stereocenters. The lowest BCUT2D eigenvalue weighted by Gasteiger charge is -2.29. The molecule has 0 fully saturated rings. The molecule has 0 saturated carbocycles. The summed E-state index contributed by atoms with van der Waals surface area (Å²) >= 11 is 0. The van der Waals surface area contributed by atoms with Crippen molar-refractivity contribution in [2.45, 2.75) is 6.42 Å². The van der Waals surface area contributed by atoms with Crippen LogP contribution in [-0.4, -0.2) is 24.0 Å². The fourth-order valence-electron chi connectivity index (χ4n) is 3.36. The third-order valence-electron chi connectivity index (χ3n) is 4.72. The van der Waals surface area contributed by atoms with Crippen molar-refractivity contribution in [2.75, 3.05) is 18.0 Å². The normalized spacial score (nSPS) is 14.4. The van der Waals surface area contributed by atoms with Crippen LogP contribution in [0.5, 0.6) is 0 Å². The first-order chi connectivity index (χ1) is 12.2. The summed E-state index contributed by atoms with van der Waals surface area (Å²) in [6.45, 7) is 1.74. The van der Waals surface area contributed by atoms with Crippen LogP contribution < -0.4 is 10.6 Å². The lowest BCUT2D eigenvalue weighted by molar-refractivity contribution is 0.100. The number of anilines is 1. The van der Waals surface area contributed by atoms with Crippen LogP contribution in [0.15, 0.2) is 67.0 Å². The molecule has 0 saturated heterocycles. The third kappa shape index (κ3) is 2.98. The van der Waals surface area contributed by atoms with Crippen LogP contribution in [0.1, 0.15) is 22.3 Å². The molecule has 1 aliphatic rings. The maximum atomic E-state index is 11.5. The number of primary amides is 1. The van der Waals surface area contributed by atoms with Crippen molar-refractivity contribution in [3.63, 3.8) is 0 Å². The molecular formula is C21H19N3O. The van der Waals surface area contributed by atoms with Gasteiger partial charge in [0.25, 0.3) is 0 Å². The Bertz CT molecular complexity index is 963. The minimum atomic E-state index is -0.408. The molecule has 1 amide bonds. The molecule has 1 aromatic heterocycles. The predicted molar refractivity (Wildman–Crippen MR) is 102 cm³/mol. The maximum Gasteiger partial charge on any atom is 0.248 e. The molecule has 0 aliphatic carbocycles. The van der Waals surface area contributed by atoms with E-state index < -0.39 is 5.91 Å². The summed E-state index contributed by atoms with van der Waals surface area (Å²) in [5, 5.41) is 2.03. The van der Waals surface area contributed by atoms with Crippen molar-refractivity contribution in [3.8, 4) is 0 Å². The van der Waals surface area contributed by atoms with Gasteiger partial charge in [-0.2, -0.15) is 0 Å². The van der Waals surface area contributed by atoms with E-state index in [1.807, 2.05) is 30.6 Å². The first kappa shape index (κ1) is 15.4. The Hall–Kier alpha value is -3.14. The molecule has 2 aromatic carbocycles. The number of pyridine rings is 1. The lowest BCUT2D eigenvalue weighted by atomic mass is 9.99. The zero-order valence-corrected chi connectivity index (χ0v) is 13.9. The van der Waals surface area contributed by atoms with Gasteiger partial charge in [-0.25, -0.2) is 0 Å². The van der Waals surface area contributed by atoms with Crippen molar-refractivity contribution >= 4 is 27.9 Å². The highest BCUT2D eigenvalue weighted by Crippen LogP contribution is 2.30. The van der Waals surface area contributed by atoms with E-state index >= 15 is 0 Å². The van der Waals surface area contributed by atoms with Gasteiger partial charge in [0.1, 0.15) is 0 Å². The van der Waals surface area contributed by atoms with Crippen LogP contribution in [0.3, 0.4) is 0 Å². The van der Waals surface area contributed by atoms with Crippen LogP contribution in [0.2, 0.25) is 0 Å². The van der Waals surface area contributed by atoms with Gasteiger partial charge < -0.3 is 10.6 Å². The highest BCUT2D eigenvalue weighted by Gasteiger charge is 2.16. The monoisotopic (exact) mass is 329 g/mol. The second-order valence-electron chi connectivity index (χ2n) is 6.25. The number of nitrogens with two attached hydrogens (primary N) is 1. The van der Waals surface area contributed by atoms with Crippen LogP contribution >= 0.6 is 0 Å². The Labute approximate surface area is 146 Å². The SMILES string of the molecule is NC(=O)c1ccc2cncc(N3CC=C(c4ccccc4)CC3)c2c1. The molecule has 3 aromatic rings. The number of aromatic nitrogens is 1. The number of rotatable bonds is 3. The minimum absolute atomic E-state index is 0.408. The summed E-state index contributed by atoms with van der Waals surface area (Å²) in [7, 11) is 0. The maximum absolute atomic E-state index is 11.5. The number of carbonyl (C=O) groups is 1. The van der Waals surface area contributed by atoms with Crippen LogP contribution in [-0.2, 0) is 0 Å². The summed E-state index contributed by atoms with van der Waals surface area (Å²) in [6, 6.07) is 16.0. The average Bonchev–Trinajstić information content (AvgIpc) is 2.68. The zero-order chi connectivity index (χ0) is 17.2. The number of fused-ring (bicyclic) bond motifs is 1. The molecule has 1 aliphatic heterocycles. The van der Waals surface area contributed by atoms with Gasteiger partial charge in [0.05, 0.1) is 11.9 Å². The van der Waals surface area contributed by atoms with Gasteiger partial charge in [-0.05, 0) is 29.7 Å². The van der Waals surface area contributed by atoms with Gasteiger partial charge in [-0.1, -0.05) is 42.5 Å². The summed E-state index contributed by atoms with van der Waals surface area (Å²) in [4.78, 5) is 18.2. The Morgan fingerprint density at radius 3 is 2.64 bits per heavy atom. The Morgan fingerprint density at radius 2 is 1.92 bits per heavy atom. The second-order valence-corrected chi connectivity index (χ2v) is 6.25. The van der Waals surface area contributed by atoms with Gasteiger partial charge in [-0.15, -0.1) is 0 Å². The van der Waals surface area contributed by atoms with Crippen molar-refractivity contribution < 1.29 is 4.79 Å². The topological polar surface area (TPSA) is 59.2 Å².